The van der Waals surface area contributed by atoms with Crippen molar-refractivity contribution in [1.29, 1.82) is 0 Å². The Morgan fingerprint density at radius 1 is 1.19 bits per heavy atom. The van der Waals surface area contributed by atoms with E-state index >= 15 is 0 Å². The molecule has 4 atom stereocenters. The molecule has 0 spiro atoms. The zero-order chi connectivity index (χ0) is 25.6. The van der Waals surface area contributed by atoms with E-state index in [4.69, 9.17) is 9.47 Å². The number of hydrogen-bond acceptors (Lipinski definition) is 5. The van der Waals surface area contributed by atoms with E-state index in [9.17, 15) is 14.7 Å². The Hall–Kier alpha value is -2.65. The monoisotopic (exact) mass is 599 g/mol. The van der Waals surface area contributed by atoms with Gasteiger partial charge in [-0.05, 0) is 91.1 Å². The summed E-state index contributed by atoms with van der Waals surface area (Å²) in [4.78, 5) is 28.1. The summed E-state index contributed by atoms with van der Waals surface area (Å²) in [7, 11) is 1.55. The number of carbonyl (C=O) groups is 2. The normalized spacial score (nSPS) is 25.9. The van der Waals surface area contributed by atoms with Crippen LogP contribution < -0.4 is 9.64 Å². The largest absolute Gasteiger partial charge is 0.504 e. The molecule has 2 fully saturated rings. The van der Waals surface area contributed by atoms with E-state index in [-0.39, 0.29) is 41.4 Å². The molecule has 1 aliphatic carbocycles. The molecule has 0 saturated carbocycles. The van der Waals surface area contributed by atoms with E-state index in [0.717, 1.165) is 22.0 Å². The summed E-state index contributed by atoms with van der Waals surface area (Å²) in [6, 6.07) is 13.0. The van der Waals surface area contributed by atoms with E-state index in [0.29, 0.717) is 24.5 Å². The molecule has 6 nitrogen and oxygen atoms in total. The number of fused-ring (bicyclic) bond motifs is 3. The van der Waals surface area contributed by atoms with Crippen molar-refractivity contribution >= 4 is 46.2 Å². The Morgan fingerprint density at radius 2 is 1.94 bits per heavy atom. The lowest BCUT2D eigenvalue weighted by molar-refractivity contribution is -0.122. The predicted octanol–water partition coefficient (Wildman–Crippen LogP) is 5.73. The zero-order valence-electron chi connectivity index (χ0n) is 20.7. The molecule has 2 heterocycles. The molecule has 7 heteroatoms. The molecule has 0 aromatic heterocycles. The lowest BCUT2D eigenvalue weighted by atomic mass is 9.70. The van der Waals surface area contributed by atoms with Crippen LogP contribution in [-0.2, 0) is 14.3 Å². The summed E-state index contributed by atoms with van der Waals surface area (Å²) >= 11 is 2.10. The quantitative estimate of drug-likeness (QED) is 0.261. The second kappa shape index (κ2) is 10.0. The third-order valence-electron chi connectivity index (χ3n) is 7.65. The molecule has 2 amide bonds. The first-order valence-electron chi connectivity index (χ1n) is 12.3. The highest BCUT2D eigenvalue weighted by Gasteiger charge is 2.56. The molecular weight excluding hydrogens is 569 g/mol. The Labute approximate surface area is 225 Å². The molecule has 5 rings (SSSR count). The number of imide groups is 1. The minimum atomic E-state index is -0.343. The fraction of sp³-hybridized carbons (Fsp3) is 0.379. The number of carbonyl (C=O) groups excluding carboxylic acids is 2. The van der Waals surface area contributed by atoms with Gasteiger partial charge in [0.15, 0.2) is 11.5 Å². The first-order valence-corrected chi connectivity index (χ1v) is 13.4. The summed E-state index contributed by atoms with van der Waals surface area (Å²) in [5, 5.41) is 10.1. The van der Waals surface area contributed by atoms with Gasteiger partial charge in [-0.15, -0.1) is 0 Å². The molecule has 2 aromatic rings. The standard InChI is InChI=1S/C29H30INO5/c1-16(11-18-13-22(30)27(32)24(14-18)35-3)9-10-23-25-17(2)12-20-26(21(25)15-36-23)29(34)31(28(20)33)19-7-5-4-6-8-19/h4-8,11,13-14,20-21,23,26,32H,9-10,12,15H2,1-3H3/b16-11+/t20-,21+,23-,26-/m1/s1. The number of allylic oxidation sites excluding steroid dienone is 2. The van der Waals surface area contributed by atoms with Crippen molar-refractivity contribution in [3.05, 3.63) is 68.3 Å². The van der Waals surface area contributed by atoms with E-state index in [1.54, 1.807) is 7.11 Å². The smallest absolute Gasteiger partial charge is 0.238 e. The van der Waals surface area contributed by atoms with Crippen LogP contribution in [0.5, 0.6) is 11.5 Å². The first kappa shape index (κ1) is 25.0. The Bertz CT molecular complexity index is 1270. The summed E-state index contributed by atoms with van der Waals surface area (Å²) in [5.41, 5.74) is 5.24. The molecule has 2 saturated heterocycles. The third-order valence-corrected chi connectivity index (χ3v) is 8.47. The van der Waals surface area contributed by atoms with Crippen molar-refractivity contribution in [3.63, 3.8) is 0 Å². The number of aromatic hydroxyl groups is 1. The van der Waals surface area contributed by atoms with Gasteiger partial charge in [-0.25, -0.2) is 0 Å². The maximum absolute atomic E-state index is 13.5. The maximum atomic E-state index is 13.5. The minimum Gasteiger partial charge on any atom is -0.504 e. The lowest BCUT2D eigenvalue weighted by Crippen LogP contribution is -2.34. The average Bonchev–Trinajstić information content (AvgIpc) is 3.39. The molecule has 0 unspecified atom stereocenters. The van der Waals surface area contributed by atoms with Crippen LogP contribution in [0.15, 0.2) is 59.2 Å². The third kappa shape index (κ3) is 4.36. The second-order valence-corrected chi connectivity index (χ2v) is 11.1. The summed E-state index contributed by atoms with van der Waals surface area (Å²) < 4.78 is 12.3. The molecular formula is C29H30INO5. The molecule has 36 heavy (non-hydrogen) atoms. The lowest BCUT2D eigenvalue weighted by Gasteiger charge is -2.30. The van der Waals surface area contributed by atoms with Crippen LogP contribution in [0.2, 0.25) is 0 Å². The number of phenols is 1. The Morgan fingerprint density at radius 3 is 2.67 bits per heavy atom. The number of phenolic OH excluding ortho intramolecular Hbond substituents is 1. The van der Waals surface area contributed by atoms with Crippen LogP contribution in [0.4, 0.5) is 5.69 Å². The number of halogens is 1. The van der Waals surface area contributed by atoms with Crippen LogP contribution >= 0.6 is 22.6 Å². The number of anilines is 1. The van der Waals surface area contributed by atoms with Crippen molar-refractivity contribution < 1.29 is 24.2 Å². The van der Waals surface area contributed by atoms with Gasteiger partial charge in [-0.1, -0.05) is 35.4 Å². The van der Waals surface area contributed by atoms with Gasteiger partial charge in [0, 0.05) is 5.92 Å². The topological polar surface area (TPSA) is 76.1 Å². The molecule has 3 aliphatic rings. The van der Waals surface area contributed by atoms with Crippen molar-refractivity contribution in [1.82, 2.24) is 0 Å². The van der Waals surface area contributed by atoms with Crippen molar-refractivity contribution in [3.8, 4) is 11.5 Å². The van der Waals surface area contributed by atoms with Crippen LogP contribution in [0.25, 0.3) is 6.08 Å². The van der Waals surface area contributed by atoms with Crippen LogP contribution in [0.3, 0.4) is 0 Å². The minimum absolute atomic E-state index is 0.0360. The highest BCUT2D eigenvalue weighted by Crippen LogP contribution is 2.50. The SMILES string of the molecule is COc1cc(/C=C(\C)CC[C@H]2OC[C@H]3C2=C(C)C[C@H]2C(=O)N(c4ccccc4)C(=O)[C@H]23)cc(I)c1O. The molecule has 0 radical (unpaired) electrons. The number of ether oxygens (including phenoxy) is 2. The van der Waals surface area contributed by atoms with Gasteiger partial charge in [-0.3, -0.25) is 14.5 Å². The molecule has 188 valence electrons. The van der Waals surface area contributed by atoms with Crippen molar-refractivity contribution in [2.24, 2.45) is 17.8 Å². The maximum Gasteiger partial charge on any atom is 0.238 e. The number of nitrogens with zero attached hydrogens (tertiary/aromatic N) is 1. The fourth-order valence-corrected chi connectivity index (χ4v) is 6.63. The van der Waals surface area contributed by atoms with Crippen LogP contribution in [0, 0.1) is 21.3 Å². The molecule has 2 aromatic carbocycles. The van der Waals surface area contributed by atoms with E-state index in [1.165, 1.54) is 21.6 Å². The van der Waals surface area contributed by atoms with Gasteiger partial charge in [0.1, 0.15) is 0 Å². The molecule has 1 N–H and O–H groups in total. The van der Waals surface area contributed by atoms with Crippen LogP contribution in [0.1, 0.15) is 38.7 Å². The summed E-state index contributed by atoms with van der Waals surface area (Å²) in [6.07, 6.45) is 4.34. The van der Waals surface area contributed by atoms with Gasteiger partial charge in [0.25, 0.3) is 0 Å². The van der Waals surface area contributed by atoms with Gasteiger partial charge in [0.2, 0.25) is 11.8 Å². The van der Waals surface area contributed by atoms with Gasteiger partial charge in [-0.2, -0.15) is 0 Å². The Balaban J connectivity index is 1.31. The van der Waals surface area contributed by atoms with E-state index in [1.807, 2.05) is 42.5 Å². The number of rotatable bonds is 6. The van der Waals surface area contributed by atoms with Crippen molar-refractivity contribution in [2.75, 3.05) is 18.6 Å². The summed E-state index contributed by atoms with van der Waals surface area (Å²) in [5.74, 6) is -0.251. The Kier molecular flexibility index (Phi) is 6.96. The van der Waals surface area contributed by atoms with E-state index < -0.39 is 0 Å². The summed E-state index contributed by atoms with van der Waals surface area (Å²) in [6.45, 7) is 4.67. The van der Waals surface area contributed by atoms with Gasteiger partial charge in [0.05, 0.1) is 40.9 Å². The number of amides is 2. The zero-order valence-corrected chi connectivity index (χ0v) is 22.8. The highest BCUT2D eigenvalue weighted by molar-refractivity contribution is 14.1. The van der Waals surface area contributed by atoms with Gasteiger partial charge < -0.3 is 14.6 Å². The average molecular weight is 599 g/mol. The number of benzene rings is 2. The molecule has 2 aliphatic heterocycles. The number of methoxy groups -OCH3 is 1. The van der Waals surface area contributed by atoms with Crippen LogP contribution in [-0.4, -0.2) is 36.7 Å². The van der Waals surface area contributed by atoms with Crippen molar-refractivity contribution in [2.45, 2.75) is 39.2 Å². The first-order chi connectivity index (χ1) is 17.3. The second-order valence-electron chi connectivity index (χ2n) is 9.93. The van der Waals surface area contributed by atoms with Gasteiger partial charge >= 0.3 is 0 Å². The predicted molar refractivity (Wildman–Crippen MR) is 147 cm³/mol. The highest BCUT2D eigenvalue weighted by atomic mass is 127. The van der Waals surface area contributed by atoms with E-state index in [2.05, 4.69) is 42.5 Å². The molecule has 0 bridgehead atoms. The number of para-hydroxylation sites is 1. The fourth-order valence-electron chi connectivity index (χ4n) is 6.01. The number of hydrogen-bond donors (Lipinski definition) is 1.